The molecule has 0 N–H and O–H groups in total. The van der Waals surface area contributed by atoms with Crippen molar-refractivity contribution in [3.8, 4) is 17.2 Å². The van der Waals surface area contributed by atoms with Gasteiger partial charge in [-0.05, 0) is 18.2 Å². The van der Waals surface area contributed by atoms with E-state index in [4.69, 9.17) is 14.2 Å². The van der Waals surface area contributed by atoms with Crippen LogP contribution in [0.15, 0.2) is 47.4 Å². The minimum absolute atomic E-state index is 0.000478. The topological polar surface area (TPSA) is 129 Å². The molecule has 2 aromatic carbocycles. The summed E-state index contributed by atoms with van der Waals surface area (Å²) < 4.78 is 42.9. The van der Waals surface area contributed by atoms with Gasteiger partial charge in [0.05, 0.1) is 24.0 Å². The molecule has 0 radical (unpaired) electrons. The second-order valence-electron chi connectivity index (χ2n) is 6.82. The lowest BCUT2D eigenvalue weighted by Gasteiger charge is -2.34. The van der Waals surface area contributed by atoms with E-state index in [1.165, 1.54) is 59.8 Å². The number of sulfonamides is 1. The molecular weight excluding hydrogens is 442 g/mol. The number of methoxy groups -OCH3 is 2. The van der Waals surface area contributed by atoms with Crippen LogP contribution in [0.2, 0.25) is 0 Å². The third-order valence-electron chi connectivity index (χ3n) is 5.00. The van der Waals surface area contributed by atoms with Gasteiger partial charge in [0, 0.05) is 38.3 Å². The second kappa shape index (κ2) is 9.83. The molecule has 0 bridgehead atoms. The van der Waals surface area contributed by atoms with Crippen molar-refractivity contribution >= 4 is 21.6 Å². The molecule has 1 heterocycles. The summed E-state index contributed by atoms with van der Waals surface area (Å²) in [7, 11) is -0.904. The second-order valence-corrected chi connectivity index (χ2v) is 8.75. The molecule has 12 heteroatoms. The number of nitro benzene ring substituents is 1. The fourth-order valence-electron chi connectivity index (χ4n) is 3.26. The zero-order valence-electron chi connectivity index (χ0n) is 17.6. The predicted molar refractivity (Wildman–Crippen MR) is 113 cm³/mol. The van der Waals surface area contributed by atoms with E-state index in [-0.39, 0.29) is 55.0 Å². The van der Waals surface area contributed by atoms with E-state index in [1.54, 1.807) is 6.07 Å². The maximum atomic E-state index is 13.0. The van der Waals surface area contributed by atoms with Gasteiger partial charge in [-0.1, -0.05) is 12.1 Å². The molecule has 0 saturated carbocycles. The summed E-state index contributed by atoms with van der Waals surface area (Å²) in [5, 5.41) is 11.0. The van der Waals surface area contributed by atoms with E-state index in [0.717, 1.165) is 0 Å². The van der Waals surface area contributed by atoms with Crippen molar-refractivity contribution in [2.75, 3.05) is 47.0 Å². The third kappa shape index (κ3) is 4.92. The number of nitrogens with zero attached hydrogens (tertiary/aromatic N) is 3. The van der Waals surface area contributed by atoms with Crippen LogP contribution in [-0.2, 0) is 14.8 Å². The molecule has 1 aliphatic rings. The summed E-state index contributed by atoms with van der Waals surface area (Å²) in [4.78, 5) is 24.5. The van der Waals surface area contributed by atoms with Crippen LogP contribution in [0.5, 0.6) is 17.2 Å². The van der Waals surface area contributed by atoms with Crippen LogP contribution in [0.25, 0.3) is 0 Å². The Morgan fingerprint density at radius 2 is 1.66 bits per heavy atom. The van der Waals surface area contributed by atoms with Gasteiger partial charge in [0.15, 0.2) is 23.9 Å². The van der Waals surface area contributed by atoms with Gasteiger partial charge in [0.2, 0.25) is 10.0 Å². The van der Waals surface area contributed by atoms with Gasteiger partial charge in [-0.3, -0.25) is 14.9 Å². The van der Waals surface area contributed by atoms with E-state index >= 15 is 0 Å². The highest BCUT2D eigenvalue weighted by Gasteiger charge is 2.31. The Morgan fingerprint density at radius 1 is 1.00 bits per heavy atom. The van der Waals surface area contributed by atoms with Gasteiger partial charge < -0.3 is 19.1 Å². The van der Waals surface area contributed by atoms with Crippen LogP contribution in [-0.4, -0.2) is 75.5 Å². The van der Waals surface area contributed by atoms with Crippen LogP contribution in [0, 0.1) is 10.1 Å². The zero-order chi connectivity index (χ0) is 23.3. The first kappa shape index (κ1) is 23.3. The smallest absolute Gasteiger partial charge is 0.310 e. The molecule has 0 aliphatic carbocycles. The molecule has 1 amide bonds. The van der Waals surface area contributed by atoms with Crippen LogP contribution in [0.1, 0.15) is 0 Å². The molecule has 3 rings (SSSR count). The lowest BCUT2D eigenvalue weighted by molar-refractivity contribution is -0.385. The Bertz CT molecular complexity index is 1100. The summed E-state index contributed by atoms with van der Waals surface area (Å²) in [6.45, 7) is 0.173. The standard InChI is InChI=1S/C20H23N3O8S/c1-29-18-8-7-15(13-19(18)30-2)32(27,28)22-11-9-21(10-12-22)20(24)14-31-17-6-4-3-5-16(17)23(25)26/h3-8,13H,9-12,14H2,1-2H3. The summed E-state index contributed by atoms with van der Waals surface area (Å²) in [6.07, 6.45) is 0. The summed E-state index contributed by atoms with van der Waals surface area (Å²) >= 11 is 0. The van der Waals surface area contributed by atoms with Crippen molar-refractivity contribution in [2.24, 2.45) is 0 Å². The average molecular weight is 465 g/mol. The number of amides is 1. The molecule has 0 atom stereocenters. The van der Waals surface area contributed by atoms with E-state index in [0.29, 0.717) is 11.5 Å². The van der Waals surface area contributed by atoms with Crippen molar-refractivity contribution < 1.29 is 32.3 Å². The molecular formula is C20H23N3O8S. The summed E-state index contributed by atoms with van der Waals surface area (Å²) in [5.41, 5.74) is -0.230. The van der Waals surface area contributed by atoms with E-state index < -0.39 is 14.9 Å². The first-order chi connectivity index (χ1) is 15.3. The van der Waals surface area contributed by atoms with E-state index in [1.807, 2.05) is 0 Å². The highest BCUT2D eigenvalue weighted by atomic mass is 32.2. The molecule has 1 saturated heterocycles. The number of benzene rings is 2. The van der Waals surface area contributed by atoms with Crippen LogP contribution in [0.4, 0.5) is 5.69 Å². The Morgan fingerprint density at radius 3 is 2.28 bits per heavy atom. The highest BCUT2D eigenvalue weighted by Crippen LogP contribution is 2.31. The number of nitro groups is 1. The molecule has 11 nitrogen and oxygen atoms in total. The van der Waals surface area contributed by atoms with Crippen molar-refractivity contribution in [1.82, 2.24) is 9.21 Å². The fraction of sp³-hybridized carbons (Fsp3) is 0.350. The monoisotopic (exact) mass is 465 g/mol. The van der Waals surface area contributed by atoms with Crippen molar-refractivity contribution in [3.63, 3.8) is 0 Å². The average Bonchev–Trinajstić information content (AvgIpc) is 2.82. The number of carbonyl (C=O) groups is 1. The minimum Gasteiger partial charge on any atom is -0.493 e. The minimum atomic E-state index is -3.79. The number of rotatable bonds is 8. The normalized spacial score (nSPS) is 14.6. The largest absolute Gasteiger partial charge is 0.493 e. The highest BCUT2D eigenvalue weighted by molar-refractivity contribution is 7.89. The van der Waals surface area contributed by atoms with Gasteiger partial charge in [-0.2, -0.15) is 4.31 Å². The van der Waals surface area contributed by atoms with Crippen molar-refractivity contribution in [1.29, 1.82) is 0 Å². The van der Waals surface area contributed by atoms with Gasteiger partial charge in [0.1, 0.15) is 0 Å². The molecule has 172 valence electrons. The number of hydrogen-bond donors (Lipinski definition) is 0. The SMILES string of the molecule is COc1ccc(S(=O)(=O)N2CCN(C(=O)COc3ccccc3[N+](=O)[O-])CC2)cc1OC. The number of ether oxygens (including phenoxy) is 3. The zero-order valence-corrected chi connectivity index (χ0v) is 18.4. The predicted octanol–water partition coefficient (Wildman–Crippen LogP) is 1.52. The first-order valence-corrected chi connectivity index (χ1v) is 11.1. The van der Waals surface area contributed by atoms with Gasteiger partial charge in [-0.25, -0.2) is 8.42 Å². The summed E-state index contributed by atoms with van der Waals surface area (Å²) in [6, 6.07) is 10.1. The lowest BCUT2D eigenvalue weighted by Crippen LogP contribution is -2.51. The fourth-order valence-corrected chi connectivity index (χ4v) is 4.70. The third-order valence-corrected chi connectivity index (χ3v) is 6.89. The molecule has 1 aliphatic heterocycles. The molecule has 0 aromatic heterocycles. The van der Waals surface area contributed by atoms with Gasteiger partial charge >= 0.3 is 5.69 Å². The van der Waals surface area contributed by atoms with Crippen LogP contribution >= 0.6 is 0 Å². The molecule has 1 fully saturated rings. The molecule has 2 aromatic rings. The molecule has 0 spiro atoms. The summed E-state index contributed by atoms with van der Waals surface area (Å²) in [5.74, 6) is 0.335. The van der Waals surface area contributed by atoms with E-state index in [9.17, 15) is 23.3 Å². The Hall–Kier alpha value is -3.38. The van der Waals surface area contributed by atoms with Gasteiger partial charge in [-0.15, -0.1) is 0 Å². The Balaban J connectivity index is 1.61. The molecule has 0 unspecified atom stereocenters. The van der Waals surface area contributed by atoms with Crippen LogP contribution in [0.3, 0.4) is 0 Å². The lowest BCUT2D eigenvalue weighted by atomic mass is 10.3. The quantitative estimate of drug-likeness (QED) is 0.424. The van der Waals surface area contributed by atoms with Crippen molar-refractivity contribution in [2.45, 2.75) is 4.90 Å². The maximum Gasteiger partial charge on any atom is 0.310 e. The number of hydrogen-bond acceptors (Lipinski definition) is 8. The van der Waals surface area contributed by atoms with E-state index in [2.05, 4.69) is 0 Å². The first-order valence-electron chi connectivity index (χ1n) is 9.64. The number of carbonyl (C=O) groups excluding carboxylic acids is 1. The number of piperazine rings is 1. The Labute approximate surface area is 185 Å². The Kier molecular flexibility index (Phi) is 7.15. The maximum absolute atomic E-state index is 13.0. The van der Waals surface area contributed by atoms with Crippen molar-refractivity contribution in [3.05, 3.63) is 52.6 Å². The van der Waals surface area contributed by atoms with Gasteiger partial charge in [0.25, 0.3) is 5.91 Å². The van der Waals surface area contributed by atoms with Crippen LogP contribution < -0.4 is 14.2 Å². The number of para-hydroxylation sites is 2. The molecule has 32 heavy (non-hydrogen) atoms.